The van der Waals surface area contributed by atoms with Gasteiger partial charge in [0.15, 0.2) is 5.78 Å². The van der Waals surface area contributed by atoms with Crippen molar-refractivity contribution >= 4 is 17.5 Å². The van der Waals surface area contributed by atoms with Crippen molar-refractivity contribution in [3.63, 3.8) is 0 Å². The maximum Gasteiger partial charge on any atom is 0.258 e. The number of fused-ring (bicyclic) bond motifs is 1. The highest BCUT2D eigenvalue weighted by Gasteiger charge is 2.42. The summed E-state index contributed by atoms with van der Waals surface area (Å²) < 4.78 is 5.23. The summed E-state index contributed by atoms with van der Waals surface area (Å²) >= 11 is 0. The van der Waals surface area contributed by atoms with E-state index in [4.69, 9.17) is 10.5 Å². The first-order chi connectivity index (χ1) is 12.8. The predicted molar refractivity (Wildman–Crippen MR) is 103 cm³/mol. The van der Waals surface area contributed by atoms with Crippen LogP contribution in [-0.2, 0) is 4.79 Å². The number of hydrogen-bond donors (Lipinski definition) is 3. The second-order valence-electron chi connectivity index (χ2n) is 7.88. The lowest BCUT2D eigenvalue weighted by atomic mass is 9.69. The number of anilines is 2. The molecule has 27 heavy (non-hydrogen) atoms. The van der Waals surface area contributed by atoms with E-state index in [9.17, 15) is 9.59 Å². The summed E-state index contributed by atoms with van der Waals surface area (Å²) in [7, 11) is 1.60. The molecule has 1 atom stereocenters. The van der Waals surface area contributed by atoms with E-state index in [0.29, 0.717) is 35.5 Å². The van der Waals surface area contributed by atoms with Crippen LogP contribution < -0.4 is 21.3 Å². The molecule has 0 unspecified atom stereocenters. The number of methoxy groups -OCH3 is 1. The number of aromatic amines is 1. The predicted octanol–water partition coefficient (Wildman–Crippen LogP) is 2.56. The van der Waals surface area contributed by atoms with Crippen molar-refractivity contribution in [2.45, 2.75) is 32.6 Å². The molecule has 0 saturated carbocycles. The van der Waals surface area contributed by atoms with Crippen LogP contribution >= 0.6 is 0 Å². The third kappa shape index (κ3) is 2.89. The zero-order valence-corrected chi connectivity index (χ0v) is 15.6. The smallest absolute Gasteiger partial charge is 0.258 e. The molecule has 0 amide bonds. The monoisotopic (exact) mass is 366 g/mol. The minimum atomic E-state index is -0.484. The fraction of sp³-hybridized carbons (Fsp3) is 0.350. The minimum absolute atomic E-state index is 0.0465. The number of allylic oxidation sites excluding steroid dienone is 2. The number of benzene rings is 1. The molecule has 2 aromatic rings. The molecule has 1 aliphatic carbocycles. The Morgan fingerprint density at radius 2 is 1.89 bits per heavy atom. The third-order valence-corrected chi connectivity index (χ3v) is 5.19. The Balaban J connectivity index is 1.96. The molecule has 1 aliphatic heterocycles. The highest BCUT2D eigenvalue weighted by molar-refractivity contribution is 6.01. The molecule has 4 N–H and O–H groups in total. The first-order valence-electron chi connectivity index (χ1n) is 8.86. The fourth-order valence-electron chi connectivity index (χ4n) is 4.06. The number of ether oxygens (including phenoxy) is 1. The summed E-state index contributed by atoms with van der Waals surface area (Å²) in [5.41, 5.74) is 7.98. The van der Waals surface area contributed by atoms with Gasteiger partial charge in [-0.15, -0.1) is 0 Å². The standard InChI is InChI=1S/C20H22N4O3/c1-20(2)8-12-15(13(25)9-20)14(10-4-6-11(27-3)7-5-10)16-17(22-12)23-19(21)24-18(16)26/h4-7,14H,8-9H2,1-3H3,(H4,21,22,23,24,26)/t14-/m0/s1. The van der Waals surface area contributed by atoms with Crippen LogP contribution in [0.1, 0.15) is 43.7 Å². The number of nitrogen functional groups attached to an aromatic ring is 1. The number of nitrogens with one attached hydrogen (secondary N) is 2. The number of Topliss-reactive ketones (excluding diaryl/α,β-unsaturated/α-hetero) is 1. The SMILES string of the molecule is COc1ccc([C@H]2C3=C(CC(C)(C)CC3=O)Nc3nc(N)[nH]c(=O)c32)cc1. The fourth-order valence-corrected chi connectivity index (χ4v) is 4.06. The molecule has 140 valence electrons. The van der Waals surface area contributed by atoms with E-state index in [2.05, 4.69) is 29.1 Å². The van der Waals surface area contributed by atoms with Crippen LogP contribution in [0.5, 0.6) is 5.75 Å². The van der Waals surface area contributed by atoms with E-state index in [1.165, 1.54) is 0 Å². The van der Waals surface area contributed by atoms with Crippen molar-refractivity contribution < 1.29 is 9.53 Å². The van der Waals surface area contributed by atoms with Gasteiger partial charge in [-0.25, -0.2) is 0 Å². The number of nitrogens with zero attached hydrogens (tertiary/aromatic N) is 1. The molecule has 0 spiro atoms. The van der Waals surface area contributed by atoms with Gasteiger partial charge in [0.05, 0.1) is 12.7 Å². The van der Waals surface area contributed by atoms with Crippen LogP contribution in [0.15, 0.2) is 40.3 Å². The summed E-state index contributed by atoms with van der Waals surface area (Å²) in [6, 6.07) is 7.42. The molecule has 0 fully saturated rings. The molecule has 4 rings (SSSR count). The lowest BCUT2D eigenvalue weighted by Gasteiger charge is -2.38. The molecule has 1 aromatic heterocycles. The topological polar surface area (TPSA) is 110 Å². The zero-order chi connectivity index (χ0) is 19.3. The first kappa shape index (κ1) is 17.3. The Labute approximate surface area is 156 Å². The Kier molecular flexibility index (Phi) is 3.83. The summed E-state index contributed by atoms with van der Waals surface area (Å²) in [6.07, 6.45) is 1.14. The van der Waals surface area contributed by atoms with Gasteiger partial charge in [0.25, 0.3) is 5.56 Å². The zero-order valence-electron chi connectivity index (χ0n) is 15.6. The van der Waals surface area contributed by atoms with Gasteiger partial charge in [0, 0.05) is 23.6 Å². The van der Waals surface area contributed by atoms with Gasteiger partial charge < -0.3 is 15.8 Å². The molecular formula is C20H22N4O3. The maximum atomic E-state index is 13.1. The number of carbonyl (C=O) groups is 1. The van der Waals surface area contributed by atoms with Gasteiger partial charge in [-0.05, 0) is 29.5 Å². The third-order valence-electron chi connectivity index (χ3n) is 5.19. The van der Waals surface area contributed by atoms with Gasteiger partial charge >= 0.3 is 0 Å². The number of aromatic nitrogens is 2. The van der Waals surface area contributed by atoms with Gasteiger partial charge in [-0.2, -0.15) is 4.98 Å². The largest absolute Gasteiger partial charge is 0.497 e. The second kappa shape index (κ2) is 5.97. The maximum absolute atomic E-state index is 13.1. The number of H-pyrrole nitrogens is 1. The van der Waals surface area contributed by atoms with Crippen molar-refractivity contribution in [1.29, 1.82) is 0 Å². The van der Waals surface area contributed by atoms with Crippen molar-refractivity contribution in [1.82, 2.24) is 9.97 Å². The molecular weight excluding hydrogens is 344 g/mol. The van der Waals surface area contributed by atoms with Crippen LogP contribution in [0, 0.1) is 5.41 Å². The first-order valence-corrected chi connectivity index (χ1v) is 8.86. The highest BCUT2D eigenvalue weighted by atomic mass is 16.5. The molecule has 7 heteroatoms. The van der Waals surface area contributed by atoms with Crippen LogP contribution in [-0.4, -0.2) is 22.9 Å². The van der Waals surface area contributed by atoms with E-state index in [-0.39, 0.29) is 22.7 Å². The molecule has 7 nitrogen and oxygen atoms in total. The van der Waals surface area contributed by atoms with Crippen LogP contribution in [0.4, 0.5) is 11.8 Å². The molecule has 1 aromatic carbocycles. The van der Waals surface area contributed by atoms with Crippen LogP contribution in [0.3, 0.4) is 0 Å². The molecule has 0 bridgehead atoms. The second-order valence-corrected chi connectivity index (χ2v) is 7.88. The number of carbonyl (C=O) groups excluding carboxylic acids is 1. The lowest BCUT2D eigenvalue weighted by Crippen LogP contribution is -2.37. The van der Waals surface area contributed by atoms with E-state index >= 15 is 0 Å². The van der Waals surface area contributed by atoms with Crippen molar-refractivity contribution in [3.8, 4) is 5.75 Å². The molecule has 0 radical (unpaired) electrons. The average Bonchev–Trinajstić information content (AvgIpc) is 2.58. The summed E-state index contributed by atoms with van der Waals surface area (Å²) in [4.78, 5) is 32.6. The molecule has 0 saturated heterocycles. The van der Waals surface area contributed by atoms with Crippen molar-refractivity contribution in [3.05, 3.63) is 57.0 Å². The normalized spacial score (nSPS) is 20.6. The summed E-state index contributed by atoms with van der Waals surface area (Å²) in [6.45, 7) is 4.13. The van der Waals surface area contributed by atoms with E-state index in [1.54, 1.807) is 7.11 Å². The minimum Gasteiger partial charge on any atom is -0.497 e. The Morgan fingerprint density at radius 3 is 2.56 bits per heavy atom. The van der Waals surface area contributed by atoms with Crippen LogP contribution in [0.25, 0.3) is 0 Å². The van der Waals surface area contributed by atoms with E-state index < -0.39 is 5.92 Å². The molecule has 2 heterocycles. The van der Waals surface area contributed by atoms with E-state index in [0.717, 1.165) is 11.3 Å². The number of rotatable bonds is 2. The Bertz CT molecular complexity index is 1020. The highest BCUT2D eigenvalue weighted by Crippen LogP contribution is 2.47. The summed E-state index contributed by atoms with van der Waals surface area (Å²) in [5.74, 6) is 0.744. The van der Waals surface area contributed by atoms with Crippen molar-refractivity contribution in [2.24, 2.45) is 5.41 Å². The molecule has 2 aliphatic rings. The van der Waals surface area contributed by atoms with Gasteiger partial charge in [-0.1, -0.05) is 26.0 Å². The van der Waals surface area contributed by atoms with Crippen LogP contribution in [0.2, 0.25) is 0 Å². The van der Waals surface area contributed by atoms with Gasteiger partial charge in [-0.3, -0.25) is 14.6 Å². The number of nitrogens with two attached hydrogens (primary N) is 1. The Morgan fingerprint density at radius 1 is 1.19 bits per heavy atom. The van der Waals surface area contributed by atoms with Gasteiger partial charge in [0.1, 0.15) is 11.6 Å². The Hall–Kier alpha value is -3.09. The summed E-state index contributed by atoms with van der Waals surface area (Å²) in [5, 5.41) is 3.21. The van der Waals surface area contributed by atoms with Crippen molar-refractivity contribution in [2.75, 3.05) is 18.2 Å². The lowest BCUT2D eigenvalue weighted by molar-refractivity contribution is -0.118. The number of ketones is 1. The quantitative estimate of drug-likeness (QED) is 0.753. The average molecular weight is 366 g/mol. The van der Waals surface area contributed by atoms with E-state index in [1.807, 2.05) is 24.3 Å². The number of hydrogen-bond acceptors (Lipinski definition) is 6. The van der Waals surface area contributed by atoms with Gasteiger partial charge in [0.2, 0.25) is 5.95 Å².